The van der Waals surface area contributed by atoms with E-state index in [1.54, 1.807) is 4.68 Å². The maximum atomic E-state index is 12.7. The summed E-state index contributed by atoms with van der Waals surface area (Å²) in [5.41, 5.74) is 3.41. The second-order valence-corrected chi connectivity index (χ2v) is 6.73. The monoisotopic (exact) mass is 354 g/mol. The van der Waals surface area contributed by atoms with Crippen LogP contribution in [0.5, 0.6) is 0 Å². The van der Waals surface area contributed by atoms with Gasteiger partial charge in [-0.2, -0.15) is 5.10 Å². The first-order valence-electron chi connectivity index (χ1n) is 9.24. The van der Waals surface area contributed by atoms with E-state index in [0.29, 0.717) is 31.7 Å². The molecule has 2 amide bonds. The van der Waals surface area contributed by atoms with E-state index in [9.17, 15) is 9.59 Å². The van der Waals surface area contributed by atoms with Gasteiger partial charge in [0.1, 0.15) is 0 Å². The summed E-state index contributed by atoms with van der Waals surface area (Å²) in [6.07, 6.45) is 3.22. The van der Waals surface area contributed by atoms with Gasteiger partial charge in [0.2, 0.25) is 5.91 Å². The number of nitrogens with zero attached hydrogens (tertiary/aromatic N) is 3. The van der Waals surface area contributed by atoms with Crippen LogP contribution in [0.2, 0.25) is 0 Å². The van der Waals surface area contributed by atoms with Crippen molar-refractivity contribution in [3.8, 4) is 0 Å². The van der Waals surface area contributed by atoms with Crippen LogP contribution >= 0.6 is 0 Å². The Bertz CT molecular complexity index is 783. The second-order valence-electron chi connectivity index (χ2n) is 6.73. The zero-order valence-electron chi connectivity index (χ0n) is 15.5. The number of rotatable bonds is 6. The molecule has 0 spiro atoms. The molecule has 0 saturated carbocycles. The number of carbonyl (C=O) groups is 2. The molecule has 0 fully saturated rings. The lowest BCUT2D eigenvalue weighted by Gasteiger charge is -2.27. The van der Waals surface area contributed by atoms with E-state index in [0.717, 1.165) is 36.1 Å². The molecule has 138 valence electrons. The van der Waals surface area contributed by atoms with Crippen LogP contribution in [0.3, 0.4) is 0 Å². The maximum Gasteiger partial charge on any atom is 0.272 e. The number of carbonyl (C=O) groups excluding carboxylic acids is 2. The lowest BCUT2D eigenvalue weighted by molar-refractivity contribution is -0.132. The third kappa shape index (κ3) is 3.95. The molecule has 0 bridgehead atoms. The van der Waals surface area contributed by atoms with Gasteiger partial charge in [-0.25, -0.2) is 0 Å². The molecule has 1 aromatic carbocycles. The molecule has 2 heterocycles. The molecule has 0 unspecified atom stereocenters. The number of hydrogen-bond donors (Lipinski definition) is 1. The molecule has 2 aromatic rings. The highest BCUT2D eigenvalue weighted by atomic mass is 16.2. The predicted molar refractivity (Wildman–Crippen MR) is 99.5 cm³/mol. The average Bonchev–Trinajstić information content (AvgIpc) is 3.01. The summed E-state index contributed by atoms with van der Waals surface area (Å²) < 4.78 is 1.78. The molecule has 1 aromatic heterocycles. The minimum Gasteiger partial charge on any atom is -0.347 e. The van der Waals surface area contributed by atoms with E-state index < -0.39 is 0 Å². The fourth-order valence-electron chi connectivity index (χ4n) is 3.34. The standard InChI is InChI=1S/C20H26N4O2/c1-3-4-10-18(25)24-12-11-17-16(14-24)19(22-23(17)2)20(26)21-13-15-8-6-5-7-9-15/h5-9H,3-4,10-14H2,1-2H3,(H,21,26). The van der Waals surface area contributed by atoms with Crippen LogP contribution in [0.4, 0.5) is 0 Å². The van der Waals surface area contributed by atoms with Crippen molar-refractivity contribution in [3.63, 3.8) is 0 Å². The SMILES string of the molecule is CCCCC(=O)N1CCc2c(c(C(=O)NCc3ccccc3)nn2C)C1. The Morgan fingerprint density at radius 1 is 1.23 bits per heavy atom. The predicted octanol–water partition coefficient (Wildman–Crippen LogP) is 2.43. The Labute approximate surface area is 154 Å². The van der Waals surface area contributed by atoms with Crippen LogP contribution < -0.4 is 5.32 Å². The van der Waals surface area contributed by atoms with E-state index in [2.05, 4.69) is 17.3 Å². The molecule has 1 N–H and O–H groups in total. The minimum atomic E-state index is -0.187. The molecule has 1 aliphatic heterocycles. The first-order valence-corrected chi connectivity index (χ1v) is 9.24. The number of amides is 2. The summed E-state index contributed by atoms with van der Waals surface area (Å²) in [4.78, 5) is 26.9. The van der Waals surface area contributed by atoms with Crippen LogP contribution in [0, 0.1) is 0 Å². The van der Waals surface area contributed by atoms with Gasteiger partial charge >= 0.3 is 0 Å². The third-order valence-corrected chi connectivity index (χ3v) is 4.85. The maximum absolute atomic E-state index is 12.7. The van der Waals surface area contributed by atoms with Crippen molar-refractivity contribution in [2.75, 3.05) is 6.54 Å². The second kappa shape index (κ2) is 8.17. The molecule has 3 rings (SSSR count). The van der Waals surface area contributed by atoms with Gasteiger partial charge in [-0.05, 0) is 12.0 Å². The fraction of sp³-hybridized carbons (Fsp3) is 0.450. The molecule has 0 atom stereocenters. The Kier molecular flexibility index (Phi) is 5.71. The largest absolute Gasteiger partial charge is 0.347 e. The summed E-state index contributed by atoms with van der Waals surface area (Å²) >= 11 is 0. The highest BCUT2D eigenvalue weighted by Gasteiger charge is 2.28. The van der Waals surface area contributed by atoms with Crippen LogP contribution in [-0.2, 0) is 31.4 Å². The molecule has 1 aliphatic rings. The van der Waals surface area contributed by atoms with Gasteiger partial charge in [-0.1, -0.05) is 43.7 Å². The number of unbranched alkanes of at least 4 members (excludes halogenated alkanes) is 1. The molecule has 0 radical (unpaired) electrons. The van der Waals surface area contributed by atoms with Gasteiger partial charge in [0.05, 0.1) is 0 Å². The van der Waals surface area contributed by atoms with E-state index in [1.165, 1.54) is 0 Å². The Hall–Kier alpha value is -2.63. The van der Waals surface area contributed by atoms with Crippen molar-refractivity contribution in [3.05, 3.63) is 52.8 Å². The Balaban J connectivity index is 1.71. The van der Waals surface area contributed by atoms with Crippen molar-refractivity contribution in [2.24, 2.45) is 7.05 Å². The number of aryl methyl sites for hydroxylation is 1. The molecular weight excluding hydrogens is 328 g/mol. The third-order valence-electron chi connectivity index (χ3n) is 4.85. The van der Waals surface area contributed by atoms with Crippen LogP contribution in [0.1, 0.15) is 53.5 Å². The van der Waals surface area contributed by atoms with E-state index >= 15 is 0 Å². The lowest BCUT2D eigenvalue weighted by atomic mass is 10.0. The number of aromatic nitrogens is 2. The van der Waals surface area contributed by atoms with Crippen LogP contribution in [0.25, 0.3) is 0 Å². The Morgan fingerprint density at radius 3 is 2.73 bits per heavy atom. The zero-order chi connectivity index (χ0) is 18.5. The van der Waals surface area contributed by atoms with Gasteiger partial charge < -0.3 is 10.2 Å². The van der Waals surface area contributed by atoms with E-state index in [4.69, 9.17) is 0 Å². The summed E-state index contributed by atoms with van der Waals surface area (Å²) in [6, 6.07) is 9.79. The number of fused-ring (bicyclic) bond motifs is 1. The highest BCUT2D eigenvalue weighted by molar-refractivity contribution is 5.94. The van der Waals surface area contributed by atoms with Crippen LogP contribution in [0.15, 0.2) is 30.3 Å². The lowest BCUT2D eigenvalue weighted by Crippen LogP contribution is -2.37. The smallest absolute Gasteiger partial charge is 0.272 e. The van der Waals surface area contributed by atoms with Crippen molar-refractivity contribution < 1.29 is 9.59 Å². The molecule has 26 heavy (non-hydrogen) atoms. The highest BCUT2D eigenvalue weighted by Crippen LogP contribution is 2.23. The molecule has 0 aliphatic carbocycles. The molecule has 0 saturated heterocycles. The van der Waals surface area contributed by atoms with Gasteiger partial charge in [0, 0.05) is 50.8 Å². The summed E-state index contributed by atoms with van der Waals surface area (Å²) in [6.45, 7) is 3.71. The number of nitrogens with one attached hydrogen (secondary N) is 1. The van der Waals surface area contributed by atoms with Crippen molar-refractivity contribution in [1.29, 1.82) is 0 Å². The number of hydrogen-bond acceptors (Lipinski definition) is 3. The Morgan fingerprint density at radius 2 is 2.00 bits per heavy atom. The summed E-state index contributed by atoms with van der Waals surface area (Å²) in [5.74, 6) is -0.0226. The zero-order valence-corrected chi connectivity index (χ0v) is 15.5. The molecule has 6 heteroatoms. The first kappa shape index (κ1) is 18.2. The van der Waals surface area contributed by atoms with Crippen LogP contribution in [-0.4, -0.2) is 33.0 Å². The van der Waals surface area contributed by atoms with E-state index in [1.807, 2.05) is 42.3 Å². The van der Waals surface area contributed by atoms with Gasteiger partial charge in [-0.15, -0.1) is 0 Å². The molecule has 6 nitrogen and oxygen atoms in total. The quantitative estimate of drug-likeness (QED) is 0.866. The van der Waals surface area contributed by atoms with E-state index in [-0.39, 0.29) is 11.8 Å². The van der Waals surface area contributed by atoms with Gasteiger partial charge in [0.15, 0.2) is 5.69 Å². The number of benzene rings is 1. The normalized spacial score (nSPS) is 13.4. The summed E-state index contributed by atoms with van der Waals surface area (Å²) in [5, 5.41) is 7.37. The topological polar surface area (TPSA) is 67.2 Å². The van der Waals surface area contributed by atoms with Crippen molar-refractivity contribution in [2.45, 2.75) is 45.7 Å². The summed E-state index contributed by atoms with van der Waals surface area (Å²) in [7, 11) is 1.86. The minimum absolute atomic E-state index is 0.164. The van der Waals surface area contributed by atoms with Gasteiger partial charge in [-0.3, -0.25) is 14.3 Å². The van der Waals surface area contributed by atoms with Crippen molar-refractivity contribution in [1.82, 2.24) is 20.0 Å². The van der Waals surface area contributed by atoms with Crippen molar-refractivity contribution >= 4 is 11.8 Å². The average molecular weight is 354 g/mol. The first-order chi connectivity index (χ1) is 12.6. The van der Waals surface area contributed by atoms with Gasteiger partial charge in [0.25, 0.3) is 5.91 Å². The molecular formula is C20H26N4O2. The fourth-order valence-corrected chi connectivity index (χ4v) is 3.34.